The normalized spacial score (nSPS) is 15.3. The monoisotopic (exact) mass is 688 g/mol. The first-order valence-electron chi connectivity index (χ1n) is 12.8. The minimum absolute atomic E-state index is 0.620. The molecular formula is C31H27BBr2F4N2O. The highest BCUT2D eigenvalue weighted by atomic mass is 79.9. The molecule has 0 atom stereocenters. The zero-order chi connectivity index (χ0) is 29.8. The second-order valence-electron chi connectivity index (χ2n) is 9.08. The Bertz CT molecular complexity index is 1450. The highest BCUT2D eigenvalue weighted by Crippen LogP contribution is 2.33. The average Bonchev–Trinajstić information content (AvgIpc) is 2.94. The van der Waals surface area contributed by atoms with E-state index in [1.807, 2.05) is 18.2 Å². The number of ether oxygens (including phenoxy) is 1. The number of rotatable bonds is 7. The number of allylic oxidation sites excluding steroid dienone is 10. The van der Waals surface area contributed by atoms with Crippen LogP contribution in [0.5, 0.6) is 0 Å². The fourth-order valence-corrected chi connectivity index (χ4v) is 4.40. The fraction of sp³-hybridized carbons (Fsp3) is 0.161. The van der Waals surface area contributed by atoms with E-state index in [1.54, 1.807) is 0 Å². The molecule has 0 saturated heterocycles. The van der Waals surface area contributed by atoms with Crippen molar-refractivity contribution in [1.29, 1.82) is 5.26 Å². The molecule has 41 heavy (non-hydrogen) atoms. The molecule has 2 aliphatic rings. The zero-order valence-electron chi connectivity index (χ0n) is 22.2. The second-order valence-corrected chi connectivity index (χ2v) is 10.9. The molecule has 0 saturated carbocycles. The summed E-state index contributed by atoms with van der Waals surface area (Å²) in [5.41, 5.74) is 5.52. The van der Waals surface area contributed by atoms with Gasteiger partial charge in [0, 0.05) is 39.5 Å². The van der Waals surface area contributed by atoms with Gasteiger partial charge in [-0.15, -0.1) is 0 Å². The van der Waals surface area contributed by atoms with Gasteiger partial charge in [0.1, 0.15) is 25.1 Å². The molecule has 0 bridgehead atoms. The largest absolute Gasteiger partial charge is 0.673 e. The summed E-state index contributed by atoms with van der Waals surface area (Å²) in [5.74, 6) is 1.60. The summed E-state index contributed by atoms with van der Waals surface area (Å²) in [6.07, 6.45) is 19.3. The fourth-order valence-electron chi connectivity index (χ4n) is 3.87. The van der Waals surface area contributed by atoms with Gasteiger partial charge in [-0.25, -0.2) is 4.58 Å². The van der Waals surface area contributed by atoms with Crippen LogP contribution in [0.2, 0.25) is 0 Å². The summed E-state index contributed by atoms with van der Waals surface area (Å²) in [4.78, 5) is 0. The van der Waals surface area contributed by atoms with E-state index >= 15 is 0 Å². The van der Waals surface area contributed by atoms with Crippen LogP contribution >= 0.6 is 31.9 Å². The molecule has 0 fully saturated rings. The lowest BCUT2D eigenvalue weighted by atomic mass is 10.0. The molecule has 3 nitrogen and oxygen atoms in total. The Kier molecular flexibility index (Phi) is 12.2. The van der Waals surface area contributed by atoms with Gasteiger partial charge in [-0.05, 0) is 77.8 Å². The van der Waals surface area contributed by atoms with E-state index in [0.717, 1.165) is 62.1 Å². The summed E-state index contributed by atoms with van der Waals surface area (Å²) in [7, 11) is -3.91. The second kappa shape index (κ2) is 15.5. The van der Waals surface area contributed by atoms with Crippen molar-refractivity contribution in [1.82, 2.24) is 0 Å². The van der Waals surface area contributed by atoms with E-state index < -0.39 is 7.25 Å². The number of unbranched alkanes of at least 4 members (excludes halogenated alkanes) is 2. The molecule has 0 amide bonds. The topological polar surface area (TPSA) is 36.0 Å². The quantitative estimate of drug-likeness (QED) is 0.126. The Morgan fingerprint density at radius 2 is 1.39 bits per heavy atom. The predicted molar refractivity (Wildman–Crippen MR) is 165 cm³/mol. The summed E-state index contributed by atoms with van der Waals surface area (Å²) in [6, 6.07) is 18.7. The molecule has 10 heteroatoms. The van der Waals surface area contributed by atoms with Crippen LogP contribution in [0.15, 0.2) is 117 Å². The van der Waals surface area contributed by atoms with E-state index in [0.29, 0.717) is 6.42 Å². The standard InChI is InChI=1S/C31H27Br2N2O.BF4/c1-35(20-4-2-3-19-34)29-16-5-23(6-17-29)7-18-30-21-26(24-8-12-27(32)13-9-24)22-31(36-30)25-10-14-28(33)15-11-25;2-1(3,4)5/h5-18,21-22H,2-4,20H2,1H3;/q+1;-1. The van der Waals surface area contributed by atoms with Crippen LogP contribution < -0.4 is 0 Å². The molecule has 212 valence electrons. The Morgan fingerprint density at radius 3 is 1.95 bits per heavy atom. The number of nitriles is 1. The van der Waals surface area contributed by atoms with Gasteiger partial charge in [0.05, 0.1) is 6.07 Å². The van der Waals surface area contributed by atoms with Crippen LogP contribution in [-0.4, -0.2) is 31.1 Å². The SMILES string of the molecule is C[N+](CCCCC#N)=C1C=CC(=CC=C2C=C(c3ccc(Br)cc3)C=C(c3ccc(Br)cc3)O2)C=C1.F[B-](F)(F)F. The first kappa shape index (κ1) is 32.1. The lowest BCUT2D eigenvalue weighted by molar-refractivity contribution is -0.496. The van der Waals surface area contributed by atoms with Crippen molar-refractivity contribution < 1.29 is 26.6 Å². The first-order valence-corrected chi connectivity index (χ1v) is 14.3. The third kappa shape index (κ3) is 11.5. The Hall–Kier alpha value is -3.42. The molecule has 0 N–H and O–H groups in total. The Morgan fingerprint density at radius 1 is 0.829 bits per heavy atom. The van der Waals surface area contributed by atoms with E-state index in [2.05, 4.69) is 128 Å². The minimum atomic E-state index is -6.00. The van der Waals surface area contributed by atoms with E-state index in [4.69, 9.17) is 10.00 Å². The summed E-state index contributed by atoms with van der Waals surface area (Å²) < 4.78 is 49.6. The van der Waals surface area contributed by atoms with E-state index in [1.165, 1.54) is 5.71 Å². The minimum Gasteiger partial charge on any atom is -0.457 e. The van der Waals surface area contributed by atoms with Crippen molar-refractivity contribution in [3.05, 3.63) is 129 Å². The zero-order valence-corrected chi connectivity index (χ0v) is 25.4. The van der Waals surface area contributed by atoms with Gasteiger partial charge in [0.2, 0.25) is 0 Å². The van der Waals surface area contributed by atoms with Gasteiger partial charge < -0.3 is 22.0 Å². The molecule has 0 radical (unpaired) electrons. The Labute approximate surface area is 254 Å². The smallest absolute Gasteiger partial charge is 0.457 e. The molecule has 1 aliphatic carbocycles. The molecule has 1 aliphatic heterocycles. The number of benzene rings is 2. The number of nitrogens with zero attached hydrogens (tertiary/aromatic N) is 2. The number of hydrogen-bond acceptors (Lipinski definition) is 2. The van der Waals surface area contributed by atoms with Crippen molar-refractivity contribution in [3.63, 3.8) is 0 Å². The lowest BCUT2D eigenvalue weighted by Crippen LogP contribution is -2.16. The molecular weight excluding hydrogens is 663 g/mol. The maximum Gasteiger partial charge on any atom is 0.673 e. The third-order valence-corrected chi connectivity index (χ3v) is 6.98. The highest BCUT2D eigenvalue weighted by Gasteiger charge is 2.20. The van der Waals surface area contributed by atoms with Crippen LogP contribution in [-0.2, 0) is 4.74 Å². The summed E-state index contributed by atoms with van der Waals surface area (Å²) in [6.45, 7) is 0.942. The molecule has 2 aromatic carbocycles. The van der Waals surface area contributed by atoms with Crippen LogP contribution in [0, 0.1) is 11.3 Å². The lowest BCUT2D eigenvalue weighted by Gasteiger charge is -2.18. The summed E-state index contributed by atoms with van der Waals surface area (Å²) >= 11 is 7.04. The van der Waals surface area contributed by atoms with Gasteiger partial charge in [-0.2, -0.15) is 5.26 Å². The maximum atomic E-state index is 9.75. The Balaban J connectivity index is 0.000000850. The van der Waals surface area contributed by atoms with E-state index in [9.17, 15) is 17.3 Å². The number of hydrogen-bond donors (Lipinski definition) is 0. The maximum absolute atomic E-state index is 9.75. The molecule has 2 aromatic rings. The summed E-state index contributed by atoms with van der Waals surface area (Å²) in [5, 5.41) is 8.70. The van der Waals surface area contributed by atoms with Crippen LogP contribution in [0.3, 0.4) is 0 Å². The molecule has 1 heterocycles. The highest BCUT2D eigenvalue weighted by molar-refractivity contribution is 9.10. The van der Waals surface area contributed by atoms with Crippen LogP contribution in [0.25, 0.3) is 11.3 Å². The van der Waals surface area contributed by atoms with Crippen LogP contribution in [0.4, 0.5) is 17.3 Å². The van der Waals surface area contributed by atoms with Crippen molar-refractivity contribution >= 4 is 56.2 Å². The first-order chi connectivity index (χ1) is 19.5. The van der Waals surface area contributed by atoms with Crippen LogP contribution in [0.1, 0.15) is 30.4 Å². The van der Waals surface area contributed by atoms with Gasteiger partial charge in [-0.1, -0.05) is 62.2 Å². The molecule has 0 aromatic heterocycles. The molecule has 0 spiro atoms. The van der Waals surface area contributed by atoms with Gasteiger partial charge >= 0.3 is 7.25 Å². The number of halogens is 6. The van der Waals surface area contributed by atoms with Crippen molar-refractivity contribution in [2.24, 2.45) is 0 Å². The van der Waals surface area contributed by atoms with Crippen molar-refractivity contribution in [2.45, 2.75) is 19.3 Å². The van der Waals surface area contributed by atoms with Crippen molar-refractivity contribution in [2.75, 3.05) is 13.6 Å². The molecule has 4 rings (SSSR count). The van der Waals surface area contributed by atoms with Gasteiger partial charge in [-0.3, -0.25) is 0 Å². The third-order valence-electron chi connectivity index (χ3n) is 5.92. The van der Waals surface area contributed by atoms with Gasteiger partial charge in [0.25, 0.3) is 0 Å². The average molecular weight is 690 g/mol. The van der Waals surface area contributed by atoms with E-state index in [-0.39, 0.29) is 0 Å². The predicted octanol–water partition coefficient (Wildman–Crippen LogP) is 9.68. The van der Waals surface area contributed by atoms with Crippen molar-refractivity contribution in [3.8, 4) is 6.07 Å². The molecule has 0 unspecified atom stereocenters. The van der Waals surface area contributed by atoms with Gasteiger partial charge in [0.15, 0.2) is 5.71 Å².